The van der Waals surface area contributed by atoms with Crippen LogP contribution in [0, 0.1) is 0 Å². The third kappa shape index (κ3) is 4.83. The number of rotatable bonds is 6. The molecular weight excluding hydrogens is 298 g/mol. The van der Waals surface area contributed by atoms with Gasteiger partial charge in [-0.1, -0.05) is 32.9 Å². The lowest BCUT2D eigenvalue weighted by Crippen LogP contribution is -2.44. The van der Waals surface area contributed by atoms with Crippen LogP contribution >= 0.6 is 23.5 Å². The van der Waals surface area contributed by atoms with Gasteiger partial charge >= 0.3 is 0 Å². The van der Waals surface area contributed by atoms with Crippen molar-refractivity contribution >= 4 is 23.5 Å². The molecule has 2 rings (SSSR count). The molecule has 1 heterocycles. The second kappa shape index (κ2) is 8.35. The Morgan fingerprint density at radius 2 is 2.14 bits per heavy atom. The zero-order chi connectivity index (χ0) is 15.2. The van der Waals surface area contributed by atoms with Gasteiger partial charge in [0.25, 0.3) is 0 Å². The fraction of sp³-hybridized carbons (Fsp3) is 0.647. The van der Waals surface area contributed by atoms with Gasteiger partial charge in [0.05, 0.1) is 7.11 Å². The summed E-state index contributed by atoms with van der Waals surface area (Å²) in [5, 5.41) is 5.89. The summed E-state index contributed by atoms with van der Waals surface area (Å²) in [7, 11) is 1.73. The second-order valence-electron chi connectivity index (χ2n) is 5.64. The van der Waals surface area contributed by atoms with Gasteiger partial charge < -0.3 is 10.1 Å². The molecule has 1 aliphatic rings. The maximum Gasteiger partial charge on any atom is 0.119 e. The zero-order valence-corrected chi connectivity index (χ0v) is 15.1. The summed E-state index contributed by atoms with van der Waals surface area (Å²) in [6, 6.07) is 9.01. The van der Waals surface area contributed by atoms with Gasteiger partial charge in [0.15, 0.2) is 0 Å². The first-order chi connectivity index (χ1) is 10.1. The van der Waals surface area contributed by atoms with Crippen molar-refractivity contribution in [2.45, 2.75) is 49.0 Å². The van der Waals surface area contributed by atoms with Gasteiger partial charge in [-0.3, -0.25) is 0 Å². The first-order valence-electron chi connectivity index (χ1n) is 7.77. The average Bonchev–Trinajstić information content (AvgIpc) is 2.50. The van der Waals surface area contributed by atoms with Crippen molar-refractivity contribution in [2.75, 3.05) is 19.4 Å². The zero-order valence-electron chi connectivity index (χ0n) is 13.5. The molecule has 0 bridgehead atoms. The summed E-state index contributed by atoms with van der Waals surface area (Å²) >= 11 is 4.28. The predicted molar refractivity (Wildman–Crippen MR) is 96.9 cm³/mol. The number of thioether (sulfide) groups is 2. The Hall–Kier alpha value is -0.320. The maximum absolute atomic E-state index is 5.34. The molecule has 0 spiro atoms. The van der Waals surface area contributed by atoms with Gasteiger partial charge in [0.1, 0.15) is 5.75 Å². The van der Waals surface area contributed by atoms with Crippen LogP contribution in [-0.4, -0.2) is 41.2 Å². The minimum absolute atomic E-state index is 0.537. The molecule has 1 fully saturated rings. The maximum atomic E-state index is 5.34. The summed E-state index contributed by atoms with van der Waals surface area (Å²) in [6.45, 7) is 7.94. The summed E-state index contributed by atoms with van der Waals surface area (Å²) in [4.78, 5) is 0. The van der Waals surface area contributed by atoms with E-state index in [2.05, 4.69) is 67.8 Å². The van der Waals surface area contributed by atoms with Gasteiger partial charge in [-0.15, -0.1) is 0 Å². The third-order valence-electron chi connectivity index (χ3n) is 4.08. The Balaban J connectivity index is 2.04. The van der Waals surface area contributed by atoms with Crippen LogP contribution in [0.1, 0.15) is 26.3 Å². The molecule has 0 saturated carbocycles. The number of ether oxygens (including phenoxy) is 1. The number of likely N-dealkylation sites (N-methyl/N-ethyl adjacent to an activating group) is 1. The molecule has 0 aromatic heterocycles. The fourth-order valence-electron chi connectivity index (χ4n) is 2.67. The van der Waals surface area contributed by atoms with Crippen LogP contribution in [0.2, 0.25) is 0 Å². The molecule has 1 aromatic rings. The van der Waals surface area contributed by atoms with Gasteiger partial charge in [-0.25, -0.2) is 0 Å². The van der Waals surface area contributed by atoms with E-state index in [0.29, 0.717) is 11.3 Å². The molecule has 1 N–H and O–H groups in total. The minimum atomic E-state index is 0.537. The Bertz CT molecular complexity index is 441. The molecule has 4 atom stereocenters. The molecule has 118 valence electrons. The smallest absolute Gasteiger partial charge is 0.119 e. The summed E-state index contributed by atoms with van der Waals surface area (Å²) in [5.74, 6) is 2.20. The van der Waals surface area contributed by atoms with Gasteiger partial charge in [-0.2, -0.15) is 23.5 Å². The molecular formula is C17H27NOS2. The van der Waals surface area contributed by atoms with E-state index in [1.54, 1.807) is 7.11 Å². The quantitative estimate of drug-likeness (QED) is 0.857. The highest BCUT2D eigenvalue weighted by molar-refractivity contribution is 8.07. The molecule has 4 heteroatoms. The Morgan fingerprint density at radius 3 is 2.81 bits per heavy atom. The molecule has 2 nitrogen and oxygen atoms in total. The number of hydrogen-bond donors (Lipinski definition) is 1. The molecule has 1 saturated heterocycles. The number of methoxy groups -OCH3 is 1. The highest BCUT2D eigenvalue weighted by Gasteiger charge is 2.30. The second-order valence-corrected chi connectivity index (χ2v) is 8.67. The van der Waals surface area contributed by atoms with Crippen LogP contribution in [0.5, 0.6) is 5.75 Å². The van der Waals surface area contributed by atoms with E-state index >= 15 is 0 Å². The summed E-state index contributed by atoms with van der Waals surface area (Å²) < 4.78 is 5.34. The Labute approximate surface area is 137 Å². The van der Waals surface area contributed by atoms with Crippen LogP contribution in [0.25, 0.3) is 0 Å². The molecule has 0 amide bonds. The standard InChI is InChI=1S/C17H27NOS2/c1-5-18-16(17-11-20-12(2)13(3)21-17)10-14-7-6-8-15(9-14)19-4/h6-9,12-13,16-18H,5,10-11H2,1-4H3. The topological polar surface area (TPSA) is 21.3 Å². The van der Waals surface area contributed by atoms with Crippen LogP contribution < -0.4 is 10.1 Å². The van der Waals surface area contributed by atoms with E-state index < -0.39 is 0 Å². The molecule has 1 aliphatic heterocycles. The number of benzene rings is 1. The monoisotopic (exact) mass is 325 g/mol. The van der Waals surface area contributed by atoms with Crippen LogP contribution in [0.4, 0.5) is 0 Å². The van der Waals surface area contributed by atoms with E-state index in [0.717, 1.165) is 29.2 Å². The molecule has 4 unspecified atom stereocenters. The minimum Gasteiger partial charge on any atom is -0.497 e. The normalized spacial score (nSPS) is 27.3. The first kappa shape index (κ1) is 17.0. The highest BCUT2D eigenvalue weighted by Crippen LogP contribution is 2.37. The summed E-state index contributed by atoms with van der Waals surface area (Å²) in [6.07, 6.45) is 1.07. The lowest BCUT2D eigenvalue weighted by atomic mass is 10.0. The van der Waals surface area contributed by atoms with Crippen LogP contribution in [-0.2, 0) is 6.42 Å². The Kier molecular flexibility index (Phi) is 6.77. The van der Waals surface area contributed by atoms with Crippen molar-refractivity contribution in [1.29, 1.82) is 0 Å². The molecule has 21 heavy (non-hydrogen) atoms. The Morgan fingerprint density at radius 1 is 1.33 bits per heavy atom. The fourth-order valence-corrected chi connectivity index (χ4v) is 5.80. The lowest BCUT2D eigenvalue weighted by molar-refractivity contribution is 0.413. The lowest BCUT2D eigenvalue weighted by Gasteiger charge is -2.36. The first-order valence-corrected chi connectivity index (χ1v) is 9.76. The molecule has 0 aliphatic carbocycles. The number of nitrogens with one attached hydrogen (secondary N) is 1. The SMILES string of the molecule is CCNC(Cc1cccc(OC)c1)C1CSC(C)C(C)S1. The van der Waals surface area contributed by atoms with E-state index in [1.807, 2.05) is 6.07 Å². The van der Waals surface area contributed by atoms with Crippen molar-refractivity contribution in [3.63, 3.8) is 0 Å². The molecule has 0 radical (unpaired) electrons. The van der Waals surface area contributed by atoms with Gasteiger partial charge in [0.2, 0.25) is 0 Å². The summed E-state index contributed by atoms with van der Waals surface area (Å²) in [5.41, 5.74) is 1.36. The van der Waals surface area contributed by atoms with Crippen molar-refractivity contribution in [3.8, 4) is 5.75 Å². The van der Waals surface area contributed by atoms with Crippen molar-refractivity contribution in [2.24, 2.45) is 0 Å². The van der Waals surface area contributed by atoms with Crippen molar-refractivity contribution < 1.29 is 4.74 Å². The van der Waals surface area contributed by atoms with E-state index in [-0.39, 0.29) is 0 Å². The average molecular weight is 326 g/mol. The van der Waals surface area contributed by atoms with Crippen LogP contribution in [0.15, 0.2) is 24.3 Å². The van der Waals surface area contributed by atoms with Gasteiger partial charge in [0, 0.05) is 27.5 Å². The van der Waals surface area contributed by atoms with Gasteiger partial charge in [-0.05, 0) is 30.7 Å². The van der Waals surface area contributed by atoms with E-state index in [1.165, 1.54) is 11.3 Å². The highest BCUT2D eigenvalue weighted by atomic mass is 32.2. The predicted octanol–water partition coefficient (Wildman–Crippen LogP) is 3.84. The van der Waals surface area contributed by atoms with Crippen molar-refractivity contribution in [1.82, 2.24) is 5.32 Å². The van der Waals surface area contributed by atoms with E-state index in [4.69, 9.17) is 4.74 Å². The molecule has 1 aromatic carbocycles. The third-order valence-corrected chi connectivity index (χ3v) is 7.63. The van der Waals surface area contributed by atoms with Crippen LogP contribution in [0.3, 0.4) is 0 Å². The number of hydrogen-bond acceptors (Lipinski definition) is 4. The van der Waals surface area contributed by atoms with Crippen molar-refractivity contribution in [3.05, 3.63) is 29.8 Å². The van der Waals surface area contributed by atoms with E-state index in [9.17, 15) is 0 Å². The largest absolute Gasteiger partial charge is 0.497 e.